The number of aromatic nitrogens is 1. The van der Waals surface area contributed by atoms with Crippen LogP contribution in [0.3, 0.4) is 0 Å². The maximum atomic E-state index is 13.0. The Balaban J connectivity index is 1.50. The van der Waals surface area contributed by atoms with Crippen molar-refractivity contribution in [2.45, 2.75) is 20.4 Å². The molecular weight excluding hydrogens is 441 g/mol. The second kappa shape index (κ2) is 12.2. The molecule has 0 radical (unpaired) electrons. The van der Waals surface area contributed by atoms with Crippen LogP contribution in [0.2, 0.25) is 0 Å². The number of pyridine rings is 1. The van der Waals surface area contributed by atoms with Gasteiger partial charge in [-0.3, -0.25) is 9.59 Å². The van der Waals surface area contributed by atoms with E-state index in [-0.39, 0.29) is 24.8 Å². The molecule has 2 N–H and O–H groups in total. The number of ether oxygens (including phenoxy) is 3. The van der Waals surface area contributed by atoms with Crippen molar-refractivity contribution < 1.29 is 28.2 Å². The number of nitrogens with zero attached hydrogens (tertiary/aromatic N) is 1. The fraction of sp³-hybridized carbons (Fsp3) is 0.240. The highest BCUT2D eigenvalue weighted by Gasteiger charge is 2.13. The van der Waals surface area contributed by atoms with Crippen LogP contribution in [-0.4, -0.2) is 36.6 Å². The van der Waals surface area contributed by atoms with Gasteiger partial charge in [0, 0.05) is 24.4 Å². The molecule has 0 aliphatic carbocycles. The summed E-state index contributed by atoms with van der Waals surface area (Å²) in [6.07, 6.45) is 1.55. The largest absolute Gasteiger partial charge is 0.490 e. The molecule has 0 spiro atoms. The van der Waals surface area contributed by atoms with Gasteiger partial charge in [-0.25, -0.2) is 9.37 Å². The molecule has 34 heavy (non-hydrogen) atoms. The smallest absolute Gasteiger partial charge is 0.251 e. The van der Waals surface area contributed by atoms with Crippen LogP contribution in [0, 0.1) is 5.82 Å². The monoisotopic (exact) mass is 467 g/mol. The van der Waals surface area contributed by atoms with Crippen molar-refractivity contribution in [3.8, 4) is 23.1 Å². The van der Waals surface area contributed by atoms with Crippen molar-refractivity contribution in [3.63, 3.8) is 0 Å². The molecule has 3 aromatic rings. The molecule has 0 atom stereocenters. The van der Waals surface area contributed by atoms with Gasteiger partial charge in [-0.15, -0.1) is 0 Å². The molecule has 2 amide bonds. The van der Waals surface area contributed by atoms with E-state index in [1.54, 1.807) is 36.5 Å². The fourth-order valence-electron chi connectivity index (χ4n) is 2.96. The molecular formula is C25H26FN3O5. The van der Waals surface area contributed by atoms with Crippen LogP contribution in [0.5, 0.6) is 23.1 Å². The van der Waals surface area contributed by atoms with Crippen LogP contribution < -0.4 is 24.8 Å². The number of carbonyl (C=O) groups is 2. The average Bonchev–Trinajstić information content (AvgIpc) is 2.84. The first kappa shape index (κ1) is 24.5. The first-order valence-electron chi connectivity index (χ1n) is 10.8. The quantitative estimate of drug-likeness (QED) is 0.444. The van der Waals surface area contributed by atoms with Gasteiger partial charge in [0.15, 0.2) is 11.5 Å². The summed E-state index contributed by atoms with van der Waals surface area (Å²) in [5, 5.41) is 5.32. The molecule has 178 valence electrons. The van der Waals surface area contributed by atoms with Gasteiger partial charge in [-0.2, -0.15) is 0 Å². The summed E-state index contributed by atoms with van der Waals surface area (Å²) in [5.41, 5.74) is 1.11. The molecule has 0 saturated carbocycles. The van der Waals surface area contributed by atoms with Crippen molar-refractivity contribution in [2.75, 3.05) is 19.8 Å². The SMILES string of the molecule is CCOc1ccc(C(=O)NCC(=O)NCc2ccnc(Oc3ccc(F)cc3)c2)cc1OCC. The molecule has 0 saturated heterocycles. The highest BCUT2D eigenvalue weighted by molar-refractivity contribution is 5.97. The normalized spacial score (nSPS) is 10.3. The topological polar surface area (TPSA) is 98.8 Å². The number of rotatable bonds is 11. The lowest BCUT2D eigenvalue weighted by molar-refractivity contribution is -0.120. The summed E-state index contributed by atoms with van der Waals surface area (Å²) >= 11 is 0. The Morgan fingerprint density at radius 3 is 2.38 bits per heavy atom. The van der Waals surface area contributed by atoms with Crippen LogP contribution in [-0.2, 0) is 11.3 Å². The molecule has 1 aromatic heterocycles. The fourth-order valence-corrected chi connectivity index (χ4v) is 2.96. The van der Waals surface area contributed by atoms with E-state index < -0.39 is 5.91 Å². The molecule has 0 aliphatic heterocycles. The summed E-state index contributed by atoms with van der Waals surface area (Å²) in [7, 11) is 0. The van der Waals surface area contributed by atoms with Gasteiger partial charge in [0.25, 0.3) is 5.91 Å². The van der Waals surface area contributed by atoms with Gasteiger partial charge in [0.05, 0.1) is 19.8 Å². The Morgan fingerprint density at radius 2 is 1.65 bits per heavy atom. The van der Waals surface area contributed by atoms with E-state index in [0.29, 0.717) is 41.9 Å². The first-order valence-corrected chi connectivity index (χ1v) is 10.8. The van der Waals surface area contributed by atoms with E-state index >= 15 is 0 Å². The van der Waals surface area contributed by atoms with Gasteiger partial charge in [0.1, 0.15) is 11.6 Å². The second-order valence-corrected chi connectivity index (χ2v) is 7.05. The summed E-state index contributed by atoms with van der Waals surface area (Å²) in [4.78, 5) is 28.8. The lowest BCUT2D eigenvalue weighted by Gasteiger charge is -2.12. The summed E-state index contributed by atoms with van der Waals surface area (Å²) in [6.45, 7) is 4.63. The standard InChI is InChI=1S/C25H26FN3O5/c1-3-32-21-10-5-18(14-22(21)33-4-2)25(31)29-16-23(30)28-15-17-11-12-27-24(13-17)34-20-8-6-19(26)7-9-20/h5-14H,3-4,15-16H2,1-2H3,(H,28,30)(H,29,31). The van der Waals surface area contributed by atoms with Crippen molar-refractivity contribution in [3.05, 3.63) is 77.7 Å². The lowest BCUT2D eigenvalue weighted by atomic mass is 10.2. The molecule has 8 nitrogen and oxygen atoms in total. The van der Waals surface area contributed by atoms with Gasteiger partial charge in [0.2, 0.25) is 11.8 Å². The van der Waals surface area contributed by atoms with Crippen molar-refractivity contribution in [1.82, 2.24) is 15.6 Å². The van der Waals surface area contributed by atoms with Gasteiger partial charge in [-0.1, -0.05) is 0 Å². The van der Waals surface area contributed by atoms with Gasteiger partial charge in [-0.05, 0) is 67.9 Å². The van der Waals surface area contributed by atoms with Crippen LogP contribution in [0.1, 0.15) is 29.8 Å². The summed E-state index contributed by atoms with van der Waals surface area (Å²) in [5.74, 6) is 0.657. The van der Waals surface area contributed by atoms with Crippen LogP contribution in [0.25, 0.3) is 0 Å². The third-order valence-corrected chi connectivity index (χ3v) is 4.54. The van der Waals surface area contributed by atoms with Crippen LogP contribution >= 0.6 is 0 Å². The molecule has 1 heterocycles. The van der Waals surface area contributed by atoms with E-state index in [4.69, 9.17) is 14.2 Å². The molecule has 0 unspecified atom stereocenters. The van der Waals surface area contributed by atoms with Gasteiger partial charge < -0.3 is 24.8 Å². The Morgan fingerprint density at radius 1 is 0.912 bits per heavy atom. The van der Waals surface area contributed by atoms with E-state index in [2.05, 4.69) is 15.6 Å². The Bertz CT molecular complexity index is 1120. The maximum absolute atomic E-state index is 13.0. The maximum Gasteiger partial charge on any atom is 0.251 e. The van der Waals surface area contributed by atoms with Crippen molar-refractivity contribution in [2.24, 2.45) is 0 Å². The van der Waals surface area contributed by atoms with Crippen molar-refractivity contribution >= 4 is 11.8 Å². The number of carbonyl (C=O) groups excluding carboxylic acids is 2. The van der Waals surface area contributed by atoms with Gasteiger partial charge >= 0.3 is 0 Å². The molecule has 9 heteroatoms. The Labute approximate surface area is 197 Å². The number of amides is 2. The van der Waals surface area contributed by atoms with Crippen LogP contribution in [0.15, 0.2) is 60.8 Å². The summed E-state index contributed by atoms with van der Waals surface area (Å²) < 4.78 is 29.6. The molecule has 0 fully saturated rings. The minimum absolute atomic E-state index is 0.194. The predicted octanol–water partition coefficient (Wildman–Crippen LogP) is 3.86. The average molecular weight is 467 g/mol. The number of benzene rings is 2. The zero-order valence-corrected chi connectivity index (χ0v) is 19.0. The number of nitrogens with one attached hydrogen (secondary N) is 2. The van der Waals surface area contributed by atoms with E-state index in [1.807, 2.05) is 13.8 Å². The Hall–Kier alpha value is -4.14. The van der Waals surface area contributed by atoms with E-state index in [9.17, 15) is 14.0 Å². The molecule has 0 bridgehead atoms. The third-order valence-electron chi connectivity index (χ3n) is 4.54. The minimum atomic E-state index is -0.405. The number of hydrogen-bond donors (Lipinski definition) is 2. The highest BCUT2D eigenvalue weighted by Crippen LogP contribution is 2.28. The summed E-state index contributed by atoms with van der Waals surface area (Å²) in [6, 6.07) is 13.8. The number of hydrogen-bond acceptors (Lipinski definition) is 6. The molecule has 0 aliphatic rings. The Kier molecular flexibility index (Phi) is 8.79. The zero-order valence-electron chi connectivity index (χ0n) is 19.0. The predicted molar refractivity (Wildman–Crippen MR) is 124 cm³/mol. The van der Waals surface area contributed by atoms with Crippen molar-refractivity contribution in [1.29, 1.82) is 0 Å². The second-order valence-electron chi connectivity index (χ2n) is 7.05. The molecule has 3 rings (SSSR count). The van der Waals surface area contributed by atoms with Crippen LogP contribution in [0.4, 0.5) is 4.39 Å². The zero-order chi connectivity index (χ0) is 24.3. The number of halogens is 1. The molecule has 2 aromatic carbocycles. The highest BCUT2D eigenvalue weighted by atomic mass is 19.1. The van der Waals surface area contributed by atoms with E-state index in [0.717, 1.165) is 5.56 Å². The minimum Gasteiger partial charge on any atom is -0.490 e. The third kappa shape index (κ3) is 7.19. The first-order chi connectivity index (χ1) is 16.5. The lowest BCUT2D eigenvalue weighted by Crippen LogP contribution is -2.36. The van der Waals surface area contributed by atoms with E-state index in [1.165, 1.54) is 24.3 Å².